The van der Waals surface area contributed by atoms with Crippen molar-refractivity contribution in [2.24, 2.45) is 0 Å². The maximum absolute atomic E-state index is 13.9. The number of carbonyl (C=O) groups excluding carboxylic acids is 2. The molecule has 1 unspecified atom stereocenters. The summed E-state index contributed by atoms with van der Waals surface area (Å²) >= 11 is 0. The molecule has 2 atom stereocenters. The topological polar surface area (TPSA) is 62.7 Å². The summed E-state index contributed by atoms with van der Waals surface area (Å²) in [6.45, 7) is 2.53. The molecule has 188 valence electrons. The van der Waals surface area contributed by atoms with Crippen molar-refractivity contribution in [1.29, 1.82) is 0 Å². The Bertz CT molecular complexity index is 1270. The van der Waals surface area contributed by atoms with Crippen LogP contribution in [0.4, 0.5) is 8.78 Å². The molecule has 6 nitrogen and oxygen atoms in total. The Labute approximate surface area is 210 Å². The highest BCUT2D eigenvalue weighted by Crippen LogP contribution is 2.44. The molecular weight excluding hydrogens is 464 g/mol. The normalized spacial score (nSPS) is 22.5. The first-order valence-corrected chi connectivity index (χ1v) is 12.1. The number of rotatable bonds is 3. The quantitative estimate of drug-likeness (QED) is 0.502. The molecule has 0 aliphatic carbocycles. The molecule has 8 heteroatoms. The number of hydrogen-bond acceptors (Lipinski definition) is 4. The van der Waals surface area contributed by atoms with Crippen LogP contribution in [0.25, 0.3) is 11.3 Å². The third kappa shape index (κ3) is 4.73. The second kappa shape index (κ2) is 9.78. The Kier molecular flexibility index (Phi) is 6.53. The number of nitrogens with zero attached hydrogens (tertiary/aromatic N) is 3. The molecule has 2 aliphatic rings. The molecule has 3 aromatic rings. The number of hydrogen-bond donors (Lipinski definition) is 0. The summed E-state index contributed by atoms with van der Waals surface area (Å²) in [7, 11) is 0. The van der Waals surface area contributed by atoms with Crippen molar-refractivity contribution in [3.05, 3.63) is 89.6 Å². The van der Waals surface area contributed by atoms with E-state index in [-0.39, 0.29) is 32.8 Å². The van der Waals surface area contributed by atoms with E-state index in [1.807, 2.05) is 43.3 Å². The fraction of sp³-hybridized carbons (Fsp3) is 0.321. The van der Waals surface area contributed by atoms with Crippen LogP contribution in [0.1, 0.15) is 49.7 Å². The molecular formula is C28H29F2N3O3. The minimum atomic E-state index is -0.922. The van der Waals surface area contributed by atoms with Gasteiger partial charge in [0.15, 0.2) is 0 Å². The number of halogens is 2. The Morgan fingerprint density at radius 2 is 1.81 bits per heavy atom. The lowest BCUT2D eigenvalue weighted by Crippen LogP contribution is -2.48. The van der Waals surface area contributed by atoms with E-state index in [9.17, 15) is 18.4 Å². The first kappa shape index (κ1) is 24.1. The van der Waals surface area contributed by atoms with Crippen molar-refractivity contribution >= 4 is 11.8 Å². The van der Waals surface area contributed by atoms with Crippen molar-refractivity contribution in [2.75, 3.05) is 19.7 Å². The zero-order chi connectivity index (χ0) is 25.3. The molecule has 2 amide bonds. The highest BCUT2D eigenvalue weighted by atomic mass is 19.1. The number of carbonyl (C=O) groups is 2. The lowest BCUT2D eigenvalue weighted by molar-refractivity contribution is -0.165. The van der Waals surface area contributed by atoms with Gasteiger partial charge in [0, 0.05) is 32.6 Å². The van der Waals surface area contributed by atoms with E-state index in [2.05, 4.69) is 4.98 Å². The average molecular weight is 494 g/mol. The summed E-state index contributed by atoms with van der Waals surface area (Å²) in [6, 6.07) is 17.7. The zero-order valence-electron chi connectivity index (χ0n) is 20.0. The highest BCUT2D eigenvalue weighted by molar-refractivity contribution is 5.93. The minimum Gasteiger partial charge on any atom is -0.354 e. The van der Waals surface area contributed by atoms with Crippen LogP contribution in [-0.4, -0.2) is 52.0 Å². The van der Waals surface area contributed by atoms with Gasteiger partial charge in [-0.3, -0.25) is 9.59 Å². The molecule has 0 N–H and O–H groups in total. The van der Waals surface area contributed by atoms with Crippen molar-refractivity contribution in [3.8, 4) is 11.3 Å². The van der Waals surface area contributed by atoms with Crippen LogP contribution in [0.2, 0.25) is 0 Å². The summed E-state index contributed by atoms with van der Waals surface area (Å²) < 4.78 is 34.0. The smallest absolute Gasteiger partial charge is 0.272 e. The molecule has 0 spiro atoms. The molecule has 3 heterocycles. The van der Waals surface area contributed by atoms with Gasteiger partial charge in [-0.1, -0.05) is 36.4 Å². The van der Waals surface area contributed by atoms with Crippen LogP contribution < -0.4 is 0 Å². The maximum atomic E-state index is 13.9. The van der Waals surface area contributed by atoms with Gasteiger partial charge in [0.2, 0.25) is 5.91 Å². The predicted octanol–water partition coefficient (Wildman–Crippen LogP) is 5.22. The lowest BCUT2D eigenvalue weighted by atomic mass is 10.0. The first-order valence-electron chi connectivity index (χ1n) is 12.1. The largest absolute Gasteiger partial charge is 0.354 e. The molecule has 5 rings (SSSR count). The summed E-state index contributed by atoms with van der Waals surface area (Å²) in [6.07, 6.45) is 1.12. The molecule has 2 aliphatic heterocycles. The van der Waals surface area contributed by atoms with E-state index in [4.69, 9.17) is 4.74 Å². The number of pyridine rings is 1. The van der Waals surface area contributed by atoms with Gasteiger partial charge in [-0.25, -0.2) is 13.8 Å². The van der Waals surface area contributed by atoms with Crippen LogP contribution in [-0.2, 0) is 9.53 Å². The first-order chi connectivity index (χ1) is 17.3. The number of amides is 2. The van der Waals surface area contributed by atoms with E-state index < -0.39 is 23.4 Å². The fourth-order valence-electron chi connectivity index (χ4n) is 5.17. The SMILES string of the molecule is CC12CC[C@@H](c3cc(F)cc(F)c3)N1C(=O)CCN(C(=O)c1cccc(-c3ccccc3)n1)CCO2.[HH]. The Hall–Kier alpha value is -3.65. The van der Waals surface area contributed by atoms with E-state index >= 15 is 0 Å². The van der Waals surface area contributed by atoms with Gasteiger partial charge >= 0.3 is 0 Å². The van der Waals surface area contributed by atoms with Crippen LogP contribution in [0.3, 0.4) is 0 Å². The van der Waals surface area contributed by atoms with Gasteiger partial charge < -0.3 is 14.5 Å². The molecule has 2 fully saturated rings. The van der Waals surface area contributed by atoms with Crippen molar-refractivity contribution in [3.63, 3.8) is 0 Å². The number of benzene rings is 2. The molecule has 2 saturated heterocycles. The Balaban J connectivity index is 0.00000320. The zero-order valence-corrected chi connectivity index (χ0v) is 20.0. The van der Waals surface area contributed by atoms with E-state index in [0.29, 0.717) is 36.3 Å². The molecule has 1 aromatic heterocycles. The second-order valence-corrected chi connectivity index (χ2v) is 9.36. The monoisotopic (exact) mass is 493 g/mol. The molecule has 36 heavy (non-hydrogen) atoms. The van der Waals surface area contributed by atoms with Crippen LogP contribution in [0.5, 0.6) is 0 Å². The van der Waals surface area contributed by atoms with Crippen LogP contribution >= 0.6 is 0 Å². The Morgan fingerprint density at radius 3 is 2.56 bits per heavy atom. The van der Waals surface area contributed by atoms with Gasteiger partial charge in [0.05, 0.1) is 18.3 Å². The fourth-order valence-corrected chi connectivity index (χ4v) is 5.17. The highest BCUT2D eigenvalue weighted by Gasteiger charge is 2.47. The molecule has 2 aromatic carbocycles. The number of aromatic nitrogens is 1. The standard InChI is InChI=1S/C28H27F2N3O3.H2/c1-28-12-10-25(20-16-21(29)18-22(30)17-20)33(28)26(34)11-13-32(14-15-36-28)27(35)24-9-5-8-23(31-24)19-6-3-2-4-7-19;/h2-9,16-18,25H,10-15H2,1H3;1H/t25-,28?;/m0./s1. The molecule has 0 radical (unpaired) electrons. The molecule has 0 bridgehead atoms. The van der Waals surface area contributed by atoms with E-state index in [1.165, 1.54) is 12.1 Å². The van der Waals surface area contributed by atoms with Gasteiger partial charge in [0.25, 0.3) is 5.91 Å². The predicted molar refractivity (Wildman–Crippen MR) is 132 cm³/mol. The van der Waals surface area contributed by atoms with Crippen molar-refractivity contribution in [2.45, 2.75) is 38.0 Å². The van der Waals surface area contributed by atoms with Crippen molar-refractivity contribution < 1.29 is 24.5 Å². The Morgan fingerprint density at radius 1 is 1.06 bits per heavy atom. The second-order valence-electron chi connectivity index (χ2n) is 9.36. The van der Waals surface area contributed by atoms with Crippen molar-refractivity contribution in [1.82, 2.24) is 14.8 Å². The van der Waals surface area contributed by atoms with E-state index in [1.54, 1.807) is 21.9 Å². The van der Waals surface area contributed by atoms with Crippen LogP contribution in [0.15, 0.2) is 66.7 Å². The third-order valence-electron chi connectivity index (χ3n) is 6.94. The van der Waals surface area contributed by atoms with Crippen LogP contribution in [0, 0.1) is 11.6 Å². The average Bonchev–Trinajstić information content (AvgIpc) is 3.24. The summed E-state index contributed by atoms with van der Waals surface area (Å²) in [5.74, 6) is -1.87. The van der Waals surface area contributed by atoms with E-state index in [0.717, 1.165) is 11.6 Å². The third-order valence-corrected chi connectivity index (χ3v) is 6.94. The van der Waals surface area contributed by atoms with Gasteiger partial charge in [-0.05, 0) is 49.6 Å². The summed E-state index contributed by atoms with van der Waals surface area (Å²) in [5, 5.41) is 0. The maximum Gasteiger partial charge on any atom is 0.272 e. The van der Waals surface area contributed by atoms with Gasteiger partial charge in [0.1, 0.15) is 23.1 Å². The number of fused-ring (bicyclic) bond motifs is 1. The lowest BCUT2D eigenvalue weighted by Gasteiger charge is -2.38. The number of ether oxygens (including phenoxy) is 1. The summed E-state index contributed by atoms with van der Waals surface area (Å²) in [5.41, 5.74) is 1.37. The van der Waals surface area contributed by atoms with Gasteiger partial charge in [-0.15, -0.1) is 0 Å². The summed E-state index contributed by atoms with van der Waals surface area (Å²) in [4.78, 5) is 34.5. The minimum absolute atomic E-state index is 0. The molecule has 0 saturated carbocycles. The van der Waals surface area contributed by atoms with Gasteiger partial charge in [-0.2, -0.15) is 0 Å².